The summed E-state index contributed by atoms with van der Waals surface area (Å²) in [6.07, 6.45) is -0.0710. The topological polar surface area (TPSA) is 102 Å². The van der Waals surface area contributed by atoms with Gasteiger partial charge in [0.1, 0.15) is 29.9 Å². The van der Waals surface area contributed by atoms with E-state index in [0.717, 1.165) is 12.1 Å². The predicted octanol–water partition coefficient (Wildman–Crippen LogP) is 8.25. The Hall–Kier alpha value is -4.94. The summed E-state index contributed by atoms with van der Waals surface area (Å²) < 4.78 is 69.3. The zero-order chi connectivity index (χ0) is 36.4. The summed E-state index contributed by atoms with van der Waals surface area (Å²) in [6.45, 7) is 7.54. The monoisotopic (exact) mass is 721 g/mol. The van der Waals surface area contributed by atoms with Crippen LogP contribution >= 0.6 is 11.6 Å². The summed E-state index contributed by atoms with van der Waals surface area (Å²) in [7, 11) is 0. The van der Waals surface area contributed by atoms with E-state index in [9.17, 15) is 14.0 Å². The zero-order valence-corrected chi connectivity index (χ0v) is 29.1. The van der Waals surface area contributed by atoms with E-state index in [1.807, 2.05) is 18.4 Å². The fourth-order valence-electron chi connectivity index (χ4n) is 5.84. The first-order valence-electron chi connectivity index (χ1n) is 16.2. The molecule has 0 saturated carbocycles. The number of benzene rings is 3. The van der Waals surface area contributed by atoms with Gasteiger partial charge < -0.3 is 23.5 Å². The lowest BCUT2D eigenvalue weighted by Gasteiger charge is -2.28. The second-order valence-corrected chi connectivity index (χ2v) is 13.7. The molecule has 0 amide bonds. The molecular weight excluding hydrogens is 687 g/mol. The number of halogens is 4. The molecule has 0 aliphatic carbocycles. The van der Waals surface area contributed by atoms with Gasteiger partial charge >= 0.3 is 11.9 Å². The highest BCUT2D eigenvalue weighted by molar-refractivity contribution is 6.30. The number of carbonyl (C=O) groups is 2. The van der Waals surface area contributed by atoms with Crippen molar-refractivity contribution in [1.29, 1.82) is 0 Å². The molecule has 9 nitrogen and oxygen atoms in total. The molecule has 2 aromatic heterocycles. The number of hydrogen-bond donors (Lipinski definition) is 0. The summed E-state index contributed by atoms with van der Waals surface area (Å²) in [5.74, 6) is -2.96. The Labute approximate surface area is 297 Å². The second kappa shape index (κ2) is 14.7. The number of pyridine rings is 1. The van der Waals surface area contributed by atoms with Crippen LogP contribution in [-0.4, -0.2) is 46.5 Å². The molecule has 266 valence electrons. The maximum Gasteiger partial charge on any atom is 0.341 e. The van der Waals surface area contributed by atoms with E-state index in [1.165, 1.54) is 36.4 Å². The van der Waals surface area contributed by atoms with Crippen LogP contribution in [0.1, 0.15) is 61.0 Å². The largest absolute Gasteiger partial charge is 0.473 e. The Morgan fingerprint density at radius 3 is 2.47 bits per heavy atom. The first-order valence-corrected chi connectivity index (χ1v) is 16.6. The lowest BCUT2D eigenvalue weighted by molar-refractivity contribution is -0.155. The van der Waals surface area contributed by atoms with Crippen molar-refractivity contribution in [2.45, 2.75) is 46.8 Å². The summed E-state index contributed by atoms with van der Waals surface area (Å²) in [4.78, 5) is 33.7. The van der Waals surface area contributed by atoms with Gasteiger partial charge in [0.15, 0.2) is 0 Å². The molecular formula is C38H35ClF3N3O6. The second-order valence-electron chi connectivity index (χ2n) is 13.3. The lowest BCUT2D eigenvalue weighted by Crippen LogP contribution is -2.27. The Morgan fingerprint density at radius 2 is 1.75 bits per heavy atom. The van der Waals surface area contributed by atoms with Crippen molar-refractivity contribution in [1.82, 2.24) is 14.5 Å². The van der Waals surface area contributed by atoms with Gasteiger partial charge in [0.25, 0.3) is 0 Å². The lowest BCUT2D eigenvalue weighted by atomic mass is 9.87. The van der Waals surface area contributed by atoms with Gasteiger partial charge in [-0.05, 0) is 54.1 Å². The Kier molecular flexibility index (Phi) is 10.4. The van der Waals surface area contributed by atoms with E-state index in [-0.39, 0.29) is 69.3 Å². The smallest absolute Gasteiger partial charge is 0.341 e. The molecule has 0 unspecified atom stereocenters. The number of imidazole rings is 1. The summed E-state index contributed by atoms with van der Waals surface area (Å²) in [5.41, 5.74) is 1.32. The van der Waals surface area contributed by atoms with Crippen LogP contribution in [0.2, 0.25) is 5.02 Å². The third kappa shape index (κ3) is 7.87. The van der Waals surface area contributed by atoms with Crippen LogP contribution in [0.5, 0.6) is 5.88 Å². The Bertz CT molecular complexity index is 2120. The number of nitrogens with zero attached hydrogens (tertiary/aromatic N) is 3. The molecule has 1 fully saturated rings. The minimum atomic E-state index is -0.713. The van der Waals surface area contributed by atoms with Crippen LogP contribution in [-0.2, 0) is 32.0 Å². The molecule has 0 N–H and O–H groups in total. The number of hydrogen-bond acceptors (Lipinski definition) is 8. The molecule has 1 atom stereocenters. The van der Waals surface area contributed by atoms with E-state index in [4.69, 9.17) is 35.5 Å². The normalized spacial score (nSPS) is 15.4. The quantitative estimate of drug-likeness (QED) is 0.0993. The van der Waals surface area contributed by atoms with Crippen molar-refractivity contribution in [2.75, 3.05) is 20.0 Å². The molecule has 0 spiro atoms. The summed E-state index contributed by atoms with van der Waals surface area (Å²) >= 11 is 5.82. The van der Waals surface area contributed by atoms with E-state index in [1.54, 1.807) is 32.0 Å². The van der Waals surface area contributed by atoms with Crippen molar-refractivity contribution < 1.29 is 41.7 Å². The molecule has 1 aliphatic heterocycles. The number of carbonyl (C=O) groups excluding carboxylic acids is 2. The van der Waals surface area contributed by atoms with Crippen LogP contribution in [0.4, 0.5) is 13.2 Å². The molecule has 13 heteroatoms. The molecule has 6 rings (SSSR count). The fraction of sp³-hybridized carbons (Fsp3) is 0.316. The average Bonchev–Trinajstić information content (AvgIpc) is 3.62. The Balaban J connectivity index is 1.27. The van der Waals surface area contributed by atoms with Crippen molar-refractivity contribution in [3.8, 4) is 17.1 Å². The van der Waals surface area contributed by atoms with Crippen LogP contribution in [0.15, 0.2) is 66.7 Å². The van der Waals surface area contributed by atoms with Crippen LogP contribution in [0.25, 0.3) is 22.3 Å². The molecule has 3 aromatic carbocycles. The Morgan fingerprint density at radius 1 is 0.961 bits per heavy atom. The molecule has 0 radical (unpaired) electrons. The van der Waals surface area contributed by atoms with Gasteiger partial charge in [-0.15, -0.1) is 0 Å². The molecule has 5 aromatic rings. The first kappa shape index (κ1) is 35.9. The maximum absolute atomic E-state index is 15.8. The van der Waals surface area contributed by atoms with Crippen molar-refractivity contribution in [3.63, 3.8) is 0 Å². The standard InChI is InChI=1S/C38H35ClF3N3O6/c1-21(2)36(46)50-20-51-37(47)22-9-11-31-32(13-22)45(33-18-48-19-38(33,3)4)34(43-31)14-24-12-29(42)26(16-28(24)41)30-6-5-7-35(44-30)49-17-23-8-10-25(39)15-27(23)40/h5-13,15-16,21,33H,14,17-20H2,1-4H3/t33-/m1/s1. The van der Waals surface area contributed by atoms with Crippen LogP contribution in [0, 0.1) is 28.8 Å². The molecule has 1 aliphatic rings. The highest BCUT2D eigenvalue weighted by atomic mass is 35.5. The van der Waals surface area contributed by atoms with Crippen LogP contribution in [0.3, 0.4) is 0 Å². The molecule has 51 heavy (non-hydrogen) atoms. The minimum absolute atomic E-state index is 0.0572. The maximum atomic E-state index is 15.8. The van der Waals surface area contributed by atoms with Crippen molar-refractivity contribution >= 4 is 34.6 Å². The van der Waals surface area contributed by atoms with Gasteiger partial charge in [-0.25, -0.2) is 27.9 Å². The van der Waals surface area contributed by atoms with Gasteiger partial charge in [-0.3, -0.25) is 4.79 Å². The summed E-state index contributed by atoms with van der Waals surface area (Å²) in [5, 5.41) is 0.251. The van der Waals surface area contributed by atoms with Crippen molar-refractivity contribution in [3.05, 3.63) is 112 Å². The molecule has 3 heterocycles. The molecule has 1 saturated heterocycles. The van der Waals surface area contributed by atoms with Crippen LogP contribution < -0.4 is 4.74 Å². The summed E-state index contributed by atoms with van der Waals surface area (Å²) in [6, 6.07) is 15.6. The number of aromatic nitrogens is 3. The highest BCUT2D eigenvalue weighted by Gasteiger charge is 2.39. The van der Waals surface area contributed by atoms with E-state index in [2.05, 4.69) is 4.98 Å². The highest BCUT2D eigenvalue weighted by Crippen LogP contribution is 2.41. The van der Waals surface area contributed by atoms with E-state index < -0.39 is 36.2 Å². The van der Waals surface area contributed by atoms with Crippen molar-refractivity contribution in [2.24, 2.45) is 11.3 Å². The van der Waals surface area contributed by atoms with Gasteiger partial charge in [-0.1, -0.05) is 51.4 Å². The van der Waals surface area contributed by atoms with Gasteiger partial charge in [0.05, 0.1) is 47.5 Å². The number of ether oxygens (including phenoxy) is 4. The van der Waals surface area contributed by atoms with E-state index >= 15 is 8.78 Å². The van der Waals surface area contributed by atoms with Gasteiger partial charge in [0, 0.05) is 34.1 Å². The number of rotatable bonds is 11. The average molecular weight is 722 g/mol. The van der Waals surface area contributed by atoms with Gasteiger partial charge in [-0.2, -0.15) is 0 Å². The number of esters is 2. The van der Waals surface area contributed by atoms with Gasteiger partial charge in [0.2, 0.25) is 12.7 Å². The fourth-order valence-corrected chi connectivity index (χ4v) is 6.00. The predicted molar refractivity (Wildman–Crippen MR) is 183 cm³/mol. The van der Waals surface area contributed by atoms with E-state index in [0.29, 0.717) is 30.1 Å². The number of fused-ring (bicyclic) bond motifs is 1. The zero-order valence-electron chi connectivity index (χ0n) is 28.3. The first-order chi connectivity index (χ1) is 24.3. The minimum Gasteiger partial charge on any atom is -0.473 e. The third-order valence-corrected chi connectivity index (χ3v) is 8.93. The third-order valence-electron chi connectivity index (χ3n) is 8.70. The molecule has 0 bridgehead atoms. The SMILES string of the molecule is CC(C)C(=O)OCOC(=O)c1ccc2nc(Cc3cc(F)c(-c4cccc(OCc5ccc(Cl)cc5F)n4)cc3F)n([C@@H]3COCC3(C)C)c2c1.